The van der Waals surface area contributed by atoms with Crippen molar-refractivity contribution in [1.29, 1.82) is 0 Å². The number of benzene rings is 1. The number of aromatic nitrogens is 1. The van der Waals surface area contributed by atoms with Crippen molar-refractivity contribution in [3.63, 3.8) is 0 Å². The summed E-state index contributed by atoms with van der Waals surface area (Å²) in [7, 11) is 0. The van der Waals surface area contributed by atoms with E-state index in [9.17, 15) is 18.3 Å². The van der Waals surface area contributed by atoms with E-state index in [1.807, 2.05) is 18.2 Å². The Morgan fingerprint density at radius 2 is 1.88 bits per heavy atom. The smallest absolute Gasteiger partial charge is 0.392 e. The van der Waals surface area contributed by atoms with E-state index >= 15 is 0 Å². The van der Waals surface area contributed by atoms with Crippen LogP contribution >= 0.6 is 0 Å². The summed E-state index contributed by atoms with van der Waals surface area (Å²) in [5.41, 5.74) is 1.12. The third kappa shape index (κ3) is 3.94. The molecule has 3 nitrogen and oxygen atoms in total. The molecule has 3 rings (SSSR count). The molecule has 128 valence electrons. The second-order valence-corrected chi connectivity index (χ2v) is 6.09. The van der Waals surface area contributed by atoms with Gasteiger partial charge in [-0.15, -0.1) is 0 Å². The van der Waals surface area contributed by atoms with E-state index in [0.717, 1.165) is 29.8 Å². The Kier molecular flexibility index (Phi) is 4.87. The molecule has 0 radical (unpaired) electrons. The van der Waals surface area contributed by atoms with Crippen LogP contribution in [0.5, 0.6) is 0 Å². The summed E-state index contributed by atoms with van der Waals surface area (Å²) in [6.07, 6.45) is -1.77. The quantitative estimate of drug-likeness (QED) is 0.929. The van der Waals surface area contributed by atoms with Crippen LogP contribution < -0.4 is 0 Å². The first-order chi connectivity index (χ1) is 11.4. The van der Waals surface area contributed by atoms with E-state index in [1.54, 1.807) is 6.20 Å². The fourth-order valence-corrected chi connectivity index (χ4v) is 3.17. The molecule has 0 spiro atoms. The highest BCUT2D eigenvalue weighted by atomic mass is 19.4. The van der Waals surface area contributed by atoms with Gasteiger partial charge in [0.1, 0.15) is 0 Å². The summed E-state index contributed by atoms with van der Waals surface area (Å²) >= 11 is 0. The molecule has 2 atom stereocenters. The fraction of sp³-hybridized carbons (Fsp3) is 0.389. The van der Waals surface area contributed by atoms with Crippen molar-refractivity contribution in [2.24, 2.45) is 0 Å². The predicted octanol–water partition coefficient (Wildman–Crippen LogP) is 3.45. The predicted molar refractivity (Wildman–Crippen MR) is 84.3 cm³/mol. The maximum Gasteiger partial charge on any atom is 0.416 e. The lowest BCUT2D eigenvalue weighted by atomic mass is 10.0. The molecule has 2 aromatic rings. The number of halogens is 3. The molecular weight excluding hydrogens is 317 g/mol. The van der Waals surface area contributed by atoms with E-state index < -0.39 is 17.8 Å². The Bertz CT molecular complexity index is 658. The standard InChI is InChI=1S/C18H19F3N2O/c19-18(20,21)14-6-4-13(5-7-14)17-11-16(24)12-23(17)10-8-15-3-1-2-9-22-15/h1-7,9,16-17,24H,8,10-12H2/t16-,17-/m1/s1. The second kappa shape index (κ2) is 6.91. The number of likely N-dealkylation sites (tertiary alicyclic amines) is 1. The molecule has 1 aliphatic heterocycles. The minimum Gasteiger partial charge on any atom is -0.392 e. The second-order valence-electron chi connectivity index (χ2n) is 6.09. The molecule has 6 heteroatoms. The molecule has 0 aliphatic carbocycles. The summed E-state index contributed by atoms with van der Waals surface area (Å²) in [6.45, 7) is 1.23. The fourth-order valence-electron chi connectivity index (χ4n) is 3.17. The van der Waals surface area contributed by atoms with Gasteiger partial charge < -0.3 is 5.11 Å². The number of β-amino-alcohol motifs (C(OH)–C–C–N with tert-alkyl or cyclic N) is 1. The van der Waals surface area contributed by atoms with Gasteiger partial charge in [0.25, 0.3) is 0 Å². The molecule has 0 unspecified atom stereocenters. The Balaban J connectivity index is 1.70. The number of aliphatic hydroxyl groups excluding tert-OH is 1. The summed E-state index contributed by atoms with van der Waals surface area (Å²) in [5, 5.41) is 9.98. The lowest BCUT2D eigenvalue weighted by Gasteiger charge is -2.24. The molecule has 1 saturated heterocycles. The molecule has 0 saturated carbocycles. The first kappa shape index (κ1) is 16.9. The van der Waals surface area contributed by atoms with Crippen molar-refractivity contribution in [3.05, 3.63) is 65.5 Å². The highest BCUT2D eigenvalue weighted by molar-refractivity contribution is 5.27. The van der Waals surface area contributed by atoms with Crippen LogP contribution in [0.3, 0.4) is 0 Å². The lowest BCUT2D eigenvalue weighted by Crippen LogP contribution is -2.27. The molecule has 24 heavy (non-hydrogen) atoms. The normalized spacial score (nSPS) is 22.0. The van der Waals surface area contributed by atoms with Gasteiger partial charge in [-0.2, -0.15) is 13.2 Å². The average molecular weight is 336 g/mol. The zero-order valence-corrected chi connectivity index (χ0v) is 13.1. The summed E-state index contributed by atoms with van der Waals surface area (Å²) in [4.78, 5) is 6.39. The monoisotopic (exact) mass is 336 g/mol. The number of pyridine rings is 1. The van der Waals surface area contributed by atoms with Crippen molar-refractivity contribution in [3.8, 4) is 0 Å². The van der Waals surface area contributed by atoms with Gasteiger partial charge >= 0.3 is 6.18 Å². The molecular formula is C18H19F3N2O. The number of alkyl halides is 3. The zero-order chi connectivity index (χ0) is 17.2. The molecule has 1 fully saturated rings. The van der Waals surface area contributed by atoms with Gasteiger partial charge in [-0.05, 0) is 36.2 Å². The Labute approximate surface area is 138 Å². The first-order valence-corrected chi connectivity index (χ1v) is 7.92. The lowest BCUT2D eigenvalue weighted by molar-refractivity contribution is -0.137. The van der Waals surface area contributed by atoms with Crippen LogP contribution in [0.25, 0.3) is 0 Å². The number of aliphatic hydroxyl groups is 1. The van der Waals surface area contributed by atoms with E-state index in [4.69, 9.17) is 0 Å². The van der Waals surface area contributed by atoms with E-state index in [0.29, 0.717) is 19.5 Å². The van der Waals surface area contributed by atoms with Crippen LogP contribution in [0.15, 0.2) is 48.7 Å². The van der Waals surface area contributed by atoms with E-state index in [-0.39, 0.29) is 6.04 Å². The van der Waals surface area contributed by atoms with E-state index in [2.05, 4.69) is 9.88 Å². The molecule has 1 aliphatic rings. The van der Waals surface area contributed by atoms with Crippen LogP contribution in [0.4, 0.5) is 13.2 Å². The highest BCUT2D eigenvalue weighted by Gasteiger charge is 2.33. The Morgan fingerprint density at radius 1 is 1.12 bits per heavy atom. The number of hydrogen-bond donors (Lipinski definition) is 1. The van der Waals surface area contributed by atoms with Crippen molar-refractivity contribution in [2.45, 2.75) is 31.2 Å². The van der Waals surface area contributed by atoms with Gasteiger partial charge in [0.05, 0.1) is 11.7 Å². The van der Waals surface area contributed by atoms with Gasteiger partial charge in [-0.25, -0.2) is 0 Å². The summed E-state index contributed by atoms with van der Waals surface area (Å²) < 4.78 is 38.1. The SMILES string of the molecule is O[C@@H]1C[C@H](c2ccc(C(F)(F)F)cc2)N(CCc2ccccn2)C1. The molecule has 1 N–H and O–H groups in total. The third-order valence-electron chi connectivity index (χ3n) is 4.39. The van der Waals surface area contributed by atoms with Crippen molar-refractivity contribution >= 4 is 0 Å². The van der Waals surface area contributed by atoms with Crippen LogP contribution in [-0.4, -0.2) is 34.2 Å². The van der Waals surface area contributed by atoms with Crippen LogP contribution in [-0.2, 0) is 12.6 Å². The van der Waals surface area contributed by atoms with Crippen molar-refractivity contribution in [2.75, 3.05) is 13.1 Å². The van der Waals surface area contributed by atoms with Crippen LogP contribution in [0.1, 0.15) is 29.3 Å². The van der Waals surface area contributed by atoms with Gasteiger partial charge in [-0.3, -0.25) is 9.88 Å². The molecule has 1 aromatic carbocycles. The minimum atomic E-state index is -4.33. The topological polar surface area (TPSA) is 36.4 Å². The maximum atomic E-state index is 12.7. The maximum absolute atomic E-state index is 12.7. The number of rotatable bonds is 4. The van der Waals surface area contributed by atoms with Crippen molar-refractivity contribution in [1.82, 2.24) is 9.88 Å². The number of hydrogen-bond acceptors (Lipinski definition) is 3. The van der Waals surface area contributed by atoms with Gasteiger partial charge in [0.15, 0.2) is 0 Å². The van der Waals surface area contributed by atoms with Gasteiger partial charge in [0.2, 0.25) is 0 Å². The third-order valence-corrected chi connectivity index (χ3v) is 4.39. The van der Waals surface area contributed by atoms with E-state index in [1.165, 1.54) is 12.1 Å². The molecule has 0 amide bonds. The molecule has 2 heterocycles. The minimum absolute atomic E-state index is 0.0639. The van der Waals surface area contributed by atoms with Crippen molar-refractivity contribution < 1.29 is 18.3 Å². The first-order valence-electron chi connectivity index (χ1n) is 7.92. The summed E-state index contributed by atoms with van der Waals surface area (Å²) in [5.74, 6) is 0. The Morgan fingerprint density at radius 3 is 2.50 bits per heavy atom. The highest BCUT2D eigenvalue weighted by Crippen LogP contribution is 2.35. The van der Waals surface area contributed by atoms with Gasteiger partial charge in [-0.1, -0.05) is 18.2 Å². The molecule has 1 aromatic heterocycles. The van der Waals surface area contributed by atoms with Crippen LogP contribution in [0, 0.1) is 0 Å². The van der Waals surface area contributed by atoms with Gasteiger partial charge in [0, 0.05) is 37.4 Å². The zero-order valence-electron chi connectivity index (χ0n) is 13.1. The number of nitrogens with zero attached hydrogens (tertiary/aromatic N) is 2. The average Bonchev–Trinajstić information content (AvgIpc) is 2.94. The largest absolute Gasteiger partial charge is 0.416 e. The van der Waals surface area contributed by atoms with Crippen LogP contribution in [0.2, 0.25) is 0 Å². The molecule has 0 bridgehead atoms. The summed E-state index contributed by atoms with van der Waals surface area (Å²) in [6, 6.07) is 10.9. The Hall–Kier alpha value is -1.92.